The van der Waals surface area contributed by atoms with E-state index in [0.29, 0.717) is 5.82 Å². The van der Waals surface area contributed by atoms with Crippen LogP contribution in [0.2, 0.25) is 0 Å². The molecule has 0 amide bonds. The van der Waals surface area contributed by atoms with Gasteiger partial charge >= 0.3 is 5.97 Å². The van der Waals surface area contributed by atoms with Crippen LogP contribution in [0.15, 0.2) is 42.7 Å². The highest BCUT2D eigenvalue weighted by atomic mass is 16.4. The Morgan fingerprint density at radius 1 is 1.30 bits per heavy atom. The van der Waals surface area contributed by atoms with Crippen molar-refractivity contribution in [1.82, 2.24) is 9.97 Å². The molecule has 6 heteroatoms. The smallest absolute Gasteiger partial charge is 0.356 e. The Labute approximate surface area is 116 Å². The topological polar surface area (TPSA) is 95.3 Å². The Morgan fingerprint density at radius 2 is 2.00 bits per heavy atom. The van der Waals surface area contributed by atoms with Crippen LogP contribution in [0, 0.1) is 0 Å². The van der Waals surface area contributed by atoms with Crippen LogP contribution < -0.4 is 5.32 Å². The van der Waals surface area contributed by atoms with Gasteiger partial charge in [-0.15, -0.1) is 0 Å². The molecule has 3 N–H and O–H groups in total. The standard InChI is InChI=1S/C14H15N3O3/c1-14(9-18,10-5-3-2-4-6-10)17-12-8-15-7-11(16-12)13(19)20/h2-8,18H,9H2,1H3,(H,16,17)(H,19,20). The lowest BCUT2D eigenvalue weighted by atomic mass is 9.93. The van der Waals surface area contributed by atoms with Crippen LogP contribution in [0.3, 0.4) is 0 Å². The zero-order chi connectivity index (χ0) is 14.6. The number of nitrogens with zero attached hydrogens (tertiary/aromatic N) is 2. The van der Waals surface area contributed by atoms with Crippen LogP contribution in [0.4, 0.5) is 5.82 Å². The number of carboxylic acids is 1. The predicted octanol–water partition coefficient (Wildman–Crippen LogP) is 1.49. The third-order valence-electron chi connectivity index (χ3n) is 2.98. The molecule has 0 spiro atoms. The summed E-state index contributed by atoms with van der Waals surface area (Å²) in [6, 6.07) is 9.36. The molecule has 104 valence electrons. The largest absolute Gasteiger partial charge is 0.476 e. The van der Waals surface area contributed by atoms with E-state index < -0.39 is 11.5 Å². The highest BCUT2D eigenvalue weighted by Gasteiger charge is 2.26. The number of aliphatic hydroxyl groups is 1. The van der Waals surface area contributed by atoms with E-state index in [1.807, 2.05) is 30.3 Å². The zero-order valence-corrected chi connectivity index (χ0v) is 10.9. The van der Waals surface area contributed by atoms with Gasteiger partial charge in [0.2, 0.25) is 0 Å². The van der Waals surface area contributed by atoms with E-state index in [0.717, 1.165) is 5.56 Å². The summed E-state index contributed by atoms with van der Waals surface area (Å²) in [5.41, 5.74) is -0.0547. The lowest BCUT2D eigenvalue weighted by Gasteiger charge is -2.29. The Balaban J connectivity index is 2.31. The van der Waals surface area contributed by atoms with Crippen molar-refractivity contribution in [3.05, 3.63) is 54.0 Å². The molecule has 0 radical (unpaired) electrons. The molecule has 0 aliphatic carbocycles. The van der Waals surface area contributed by atoms with Crippen LogP contribution in [0.5, 0.6) is 0 Å². The molecule has 2 aromatic rings. The van der Waals surface area contributed by atoms with E-state index >= 15 is 0 Å². The first-order chi connectivity index (χ1) is 9.55. The SMILES string of the molecule is CC(CO)(Nc1cncc(C(=O)O)n1)c1ccccc1. The van der Waals surface area contributed by atoms with Gasteiger partial charge in [-0.25, -0.2) is 9.78 Å². The van der Waals surface area contributed by atoms with Crippen LogP contribution in [-0.4, -0.2) is 32.8 Å². The van der Waals surface area contributed by atoms with E-state index in [1.165, 1.54) is 12.4 Å². The maximum Gasteiger partial charge on any atom is 0.356 e. The fourth-order valence-electron chi connectivity index (χ4n) is 1.82. The number of hydrogen-bond donors (Lipinski definition) is 3. The Kier molecular flexibility index (Phi) is 3.95. The molecular formula is C14H15N3O3. The summed E-state index contributed by atoms with van der Waals surface area (Å²) in [6.45, 7) is 1.63. The van der Waals surface area contributed by atoms with Crippen LogP contribution >= 0.6 is 0 Å². The molecule has 1 aromatic heterocycles. The van der Waals surface area contributed by atoms with Crippen LogP contribution in [-0.2, 0) is 5.54 Å². The second-order valence-electron chi connectivity index (χ2n) is 4.58. The number of anilines is 1. The van der Waals surface area contributed by atoms with E-state index in [2.05, 4.69) is 15.3 Å². The summed E-state index contributed by atoms with van der Waals surface area (Å²) >= 11 is 0. The van der Waals surface area contributed by atoms with Crippen molar-refractivity contribution >= 4 is 11.8 Å². The molecular weight excluding hydrogens is 258 g/mol. The van der Waals surface area contributed by atoms with Crippen molar-refractivity contribution in [1.29, 1.82) is 0 Å². The number of aliphatic hydroxyl groups excluding tert-OH is 1. The van der Waals surface area contributed by atoms with Crippen molar-refractivity contribution in [2.75, 3.05) is 11.9 Å². The molecule has 1 atom stereocenters. The lowest BCUT2D eigenvalue weighted by Crippen LogP contribution is -2.36. The third kappa shape index (κ3) is 2.92. The fourth-order valence-corrected chi connectivity index (χ4v) is 1.82. The van der Waals surface area contributed by atoms with Gasteiger partial charge in [0.05, 0.1) is 24.5 Å². The normalized spacial score (nSPS) is 13.5. The van der Waals surface area contributed by atoms with Crippen LogP contribution in [0.1, 0.15) is 23.0 Å². The number of nitrogens with one attached hydrogen (secondary N) is 1. The summed E-state index contributed by atoms with van der Waals surface area (Å²) in [5.74, 6) is -0.850. The van der Waals surface area contributed by atoms with Gasteiger partial charge in [0.15, 0.2) is 5.69 Å². The Bertz CT molecular complexity index is 604. The number of aromatic carboxylic acids is 1. The van der Waals surface area contributed by atoms with Gasteiger partial charge in [-0.2, -0.15) is 0 Å². The summed E-state index contributed by atoms with van der Waals surface area (Å²) in [6.07, 6.45) is 2.59. The minimum absolute atomic E-state index is 0.150. The van der Waals surface area contributed by atoms with Crippen molar-refractivity contribution in [2.45, 2.75) is 12.5 Å². The van der Waals surface area contributed by atoms with Crippen LogP contribution in [0.25, 0.3) is 0 Å². The zero-order valence-electron chi connectivity index (χ0n) is 10.9. The first-order valence-electron chi connectivity index (χ1n) is 6.05. The summed E-state index contributed by atoms with van der Waals surface area (Å²) in [5, 5.41) is 21.6. The van der Waals surface area contributed by atoms with E-state index in [9.17, 15) is 9.90 Å². The van der Waals surface area contributed by atoms with Gasteiger partial charge < -0.3 is 15.5 Å². The summed E-state index contributed by atoms with van der Waals surface area (Å²) in [4.78, 5) is 18.7. The minimum atomic E-state index is -1.15. The molecule has 0 aliphatic heterocycles. The van der Waals surface area contributed by atoms with Crippen molar-refractivity contribution in [3.63, 3.8) is 0 Å². The molecule has 20 heavy (non-hydrogen) atoms. The first-order valence-corrected chi connectivity index (χ1v) is 6.05. The molecule has 0 saturated heterocycles. The number of rotatable bonds is 5. The minimum Gasteiger partial charge on any atom is -0.476 e. The monoisotopic (exact) mass is 273 g/mol. The summed E-state index contributed by atoms with van der Waals surface area (Å²) in [7, 11) is 0. The Morgan fingerprint density at radius 3 is 2.60 bits per heavy atom. The number of aromatic nitrogens is 2. The molecule has 1 heterocycles. The molecule has 0 fully saturated rings. The van der Waals surface area contributed by atoms with Gasteiger partial charge in [0.25, 0.3) is 0 Å². The van der Waals surface area contributed by atoms with Gasteiger partial charge in [0, 0.05) is 0 Å². The molecule has 0 saturated carbocycles. The number of hydrogen-bond acceptors (Lipinski definition) is 5. The molecule has 0 bridgehead atoms. The van der Waals surface area contributed by atoms with Gasteiger partial charge in [-0.05, 0) is 12.5 Å². The quantitative estimate of drug-likeness (QED) is 0.764. The third-order valence-corrected chi connectivity index (χ3v) is 2.98. The van der Waals surface area contributed by atoms with Gasteiger partial charge in [-0.3, -0.25) is 4.98 Å². The first kappa shape index (κ1) is 14.0. The number of benzene rings is 1. The molecule has 6 nitrogen and oxygen atoms in total. The van der Waals surface area contributed by atoms with Gasteiger partial charge in [-0.1, -0.05) is 30.3 Å². The second-order valence-corrected chi connectivity index (χ2v) is 4.58. The maximum absolute atomic E-state index is 10.9. The fraction of sp³-hybridized carbons (Fsp3) is 0.214. The molecule has 2 rings (SSSR count). The Hall–Kier alpha value is -2.47. The highest BCUT2D eigenvalue weighted by molar-refractivity contribution is 5.85. The number of carboxylic acid groups (broad SMARTS) is 1. The van der Waals surface area contributed by atoms with Crippen molar-refractivity contribution < 1.29 is 15.0 Å². The molecule has 1 unspecified atom stereocenters. The lowest BCUT2D eigenvalue weighted by molar-refractivity contribution is 0.0690. The maximum atomic E-state index is 10.9. The van der Waals surface area contributed by atoms with E-state index in [4.69, 9.17) is 5.11 Å². The van der Waals surface area contributed by atoms with E-state index in [1.54, 1.807) is 6.92 Å². The number of carbonyl (C=O) groups is 1. The van der Waals surface area contributed by atoms with Gasteiger partial charge in [0.1, 0.15) is 5.82 Å². The molecule has 1 aromatic carbocycles. The average molecular weight is 273 g/mol. The van der Waals surface area contributed by atoms with Crippen molar-refractivity contribution in [2.24, 2.45) is 0 Å². The average Bonchev–Trinajstić information content (AvgIpc) is 2.48. The van der Waals surface area contributed by atoms with E-state index in [-0.39, 0.29) is 12.3 Å². The summed E-state index contributed by atoms with van der Waals surface area (Å²) < 4.78 is 0. The predicted molar refractivity (Wildman–Crippen MR) is 73.5 cm³/mol. The molecule has 0 aliphatic rings. The highest BCUT2D eigenvalue weighted by Crippen LogP contribution is 2.24. The second kappa shape index (κ2) is 5.66. The van der Waals surface area contributed by atoms with Crippen molar-refractivity contribution in [3.8, 4) is 0 Å².